The van der Waals surface area contributed by atoms with E-state index in [1.165, 1.54) is 45.6 Å². The predicted molar refractivity (Wildman–Crippen MR) is 579 cm³/mol. The summed E-state index contributed by atoms with van der Waals surface area (Å²) < 4.78 is 43.3. The molecule has 1 fully saturated rings. The second-order valence-corrected chi connectivity index (χ2v) is 46.8. The maximum Gasteiger partial charge on any atom is 0.410 e. The summed E-state index contributed by atoms with van der Waals surface area (Å²) in [6.45, 7) is 102. The normalized spacial score (nSPS) is 12.7. The molecule has 0 saturated carbocycles. The van der Waals surface area contributed by atoms with Gasteiger partial charge in [0, 0.05) is 235 Å². The van der Waals surface area contributed by atoms with Gasteiger partial charge in [-0.25, -0.2) is 33.6 Å². The molecule has 0 spiro atoms. The topological polar surface area (TPSA) is 360 Å². The Kier molecular flexibility index (Phi) is 78.6. The summed E-state index contributed by atoms with van der Waals surface area (Å²) in [5.41, 5.74) is -4.50. The van der Waals surface area contributed by atoms with Crippen molar-refractivity contribution < 1.29 is 76.3 Å². The number of ether oxygens (including phenoxy) is 8. The number of carbonyl (C=O) groups excluding carboxylic acids is 8. The van der Waals surface area contributed by atoms with Crippen molar-refractivity contribution in [1.82, 2.24) is 97.3 Å². The van der Waals surface area contributed by atoms with Crippen molar-refractivity contribution in [3.63, 3.8) is 0 Å². The zero-order valence-corrected chi connectivity index (χ0v) is 95.1. The van der Waals surface area contributed by atoms with Crippen LogP contribution < -0.4 is 53.2 Å². The van der Waals surface area contributed by atoms with Gasteiger partial charge in [-0.1, -0.05) is 90.5 Å². The van der Waals surface area contributed by atoms with Gasteiger partial charge in [0.05, 0.1) is 0 Å². The van der Waals surface area contributed by atoms with Crippen LogP contribution in [0.1, 0.15) is 303 Å². The molecule has 35 heteroatoms. The molecule has 0 aliphatic carbocycles. The molecule has 10 N–H and O–H groups in total. The van der Waals surface area contributed by atoms with Gasteiger partial charge in [-0.05, 0) is 268 Å². The van der Waals surface area contributed by atoms with Crippen molar-refractivity contribution >= 4 is 48.6 Å². The Bertz CT molecular complexity index is 3140. The van der Waals surface area contributed by atoms with Crippen LogP contribution in [0.5, 0.6) is 0 Å². The van der Waals surface area contributed by atoms with Crippen LogP contribution in [0.15, 0.2) is 0 Å². The minimum absolute atomic E-state index is 0. The molecular weight excluding hydrogens is 1780 g/mol. The van der Waals surface area contributed by atoms with Crippen molar-refractivity contribution in [2.75, 3.05) is 255 Å². The fraction of sp³-hybridized carbons (Fsp3) is 0.924. The van der Waals surface area contributed by atoms with Crippen molar-refractivity contribution in [2.45, 2.75) is 354 Å². The summed E-state index contributed by atoms with van der Waals surface area (Å²) >= 11 is 0. The number of carbonyl (C=O) groups is 8. The van der Waals surface area contributed by atoms with Crippen molar-refractivity contribution in [2.24, 2.45) is 29.6 Å². The van der Waals surface area contributed by atoms with Crippen LogP contribution in [0.25, 0.3) is 0 Å². The Morgan fingerprint density at radius 1 is 0.250 bits per heavy atom. The second-order valence-electron chi connectivity index (χ2n) is 46.8. The fourth-order valence-corrected chi connectivity index (χ4v) is 13.4. The zero-order chi connectivity index (χ0) is 106. The van der Waals surface area contributed by atoms with E-state index in [1.807, 2.05) is 166 Å². The maximum atomic E-state index is 13.1. The molecule has 0 atom stereocenters. The summed E-state index contributed by atoms with van der Waals surface area (Å²) in [5, 5.41) is 32.1. The Labute approximate surface area is 856 Å². The SMILES string of the molecule is C.C.CC(=O)OC(C)(C)C.CC(C)(C)OC(=O)N1CC1.CC(C)CCCNCCN(CCNCCCCCNCC(C)C)CCNCC(C)C.CC(C)CN(CCNC(=O)OC(C)(C)C)CCN(CCNC(=O)OC(C)(C)C)CCN(CCNC(=O)OC(C)(C)C)CCN(CCN(CCNC(=O)OC(C)(C)C)CCN(CCNC(=O)OC(C)(C)C)C(C)C)CCN(CCNC(=O)OC(C)(C)C)CC(C)C. The fourth-order valence-electron chi connectivity index (χ4n) is 13.4. The summed E-state index contributed by atoms with van der Waals surface area (Å²) in [7, 11) is 0. The van der Waals surface area contributed by atoms with Gasteiger partial charge in [-0.2, -0.15) is 0 Å². The highest BCUT2D eigenvalue weighted by Crippen LogP contribution is 2.17. The smallest absolute Gasteiger partial charge is 0.410 e. The van der Waals surface area contributed by atoms with Crippen molar-refractivity contribution in [3.05, 3.63) is 0 Å². The second kappa shape index (κ2) is 77.3. The third kappa shape index (κ3) is 103. The maximum absolute atomic E-state index is 13.1. The highest BCUT2D eigenvalue weighted by molar-refractivity contribution is 5.71. The summed E-state index contributed by atoms with van der Waals surface area (Å²) in [6, 6.07) is 0.181. The van der Waals surface area contributed by atoms with E-state index in [4.69, 9.17) is 37.9 Å². The molecule has 0 aromatic carbocycles. The molecule has 35 nitrogen and oxygen atoms in total. The van der Waals surface area contributed by atoms with Crippen LogP contribution >= 0.6 is 0 Å². The Balaban J connectivity index is -0.000000978. The van der Waals surface area contributed by atoms with Crippen LogP contribution in [-0.4, -0.2) is 399 Å². The predicted octanol–water partition coefficient (Wildman–Crippen LogP) is 15.4. The summed E-state index contributed by atoms with van der Waals surface area (Å²) in [4.78, 5) is 119. The minimum atomic E-state index is -0.672. The Morgan fingerprint density at radius 3 is 0.729 bits per heavy atom. The molecular formula is C105H223N19O16. The largest absolute Gasteiger partial charge is 0.460 e. The first kappa shape index (κ1) is 142. The van der Waals surface area contributed by atoms with E-state index in [9.17, 15) is 38.4 Å². The first-order valence-electron chi connectivity index (χ1n) is 52.2. The third-order valence-corrected chi connectivity index (χ3v) is 19.7. The van der Waals surface area contributed by atoms with Crippen LogP contribution in [0.3, 0.4) is 0 Å². The Hall–Kier alpha value is -6.12. The summed E-state index contributed by atoms with van der Waals surface area (Å²) in [6.07, 6.45) is 3.52. The molecule has 140 heavy (non-hydrogen) atoms. The number of hydrogen-bond acceptors (Lipinski definition) is 28. The standard InChI is InChI=1S/C65H133N13O12.C25H57N5.C7H13NO2.C6H12O2.2CH4/c1-51(2)49-76(34-28-69-57(82)88-63(16,17)18)45-43-73(32-26-67-55(80)86-61(10,11)12)38-37-72(31-25-66-54(79)85-60(7,8)9)39-41-75(44-46-77(50-52(3)4)35-29-70-58(83)89-64(19,20)21)42-40-74(33-27-68-56(81)87-62(13,14)15)47-48-78(53(5)6)36-30-71-59(84)90-65(22,23)24;1-23(2)11-10-14-27-16-19-30(20-17-29-22-25(5)6)18-15-26-12-8-7-9-13-28-21-24(3)4;1-7(2,3)10-6(9)8-4-5-8;1-5(7)8-6(2,3)4;;/h51-53H,25-50H2,1-24H3,(H,66,79)(H,67,80)(H,68,81)(H,69,82)(H,70,83)(H,71,84);23-29H,7-22H2,1-6H3;4-5H2,1-3H3;1-4H3;2*1H4. The number of esters is 1. The van der Waals surface area contributed by atoms with E-state index in [1.54, 1.807) is 4.90 Å². The lowest BCUT2D eigenvalue weighted by Crippen LogP contribution is -2.49. The van der Waals surface area contributed by atoms with Crippen LogP contribution in [0.4, 0.5) is 33.6 Å². The molecule has 834 valence electrons. The molecule has 0 radical (unpaired) electrons. The zero-order valence-electron chi connectivity index (χ0n) is 95.1. The van der Waals surface area contributed by atoms with Gasteiger partial charge in [0.2, 0.25) is 0 Å². The van der Waals surface area contributed by atoms with Gasteiger partial charge in [-0.15, -0.1) is 0 Å². The molecule has 0 aromatic rings. The number of unbranched alkanes of at least 4 members (excludes halogenated alkanes) is 2. The molecule has 1 heterocycles. The molecule has 0 aromatic heterocycles. The van der Waals surface area contributed by atoms with Crippen LogP contribution in [0.2, 0.25) is 0 Å². The monoisotopic (exact) mass is 2010 g/mol. The highest BCUT2D eigenvalue weighted by atomic mass is 16.6. The minimum Gasteiger partial charge on any atom is -0.460 e. The molecule has 1 rings (SSSR count). The average molecular weight is 2010 g/mol. The first-order chi connectivity index (χ1) is 63.6. The lowest BCUT2D eigenvalue weighted by atomic mass is 10.1. The van der Waals surface area contributed by atoms with Crippen LogP contribution in [0, 0.1) is 29.6 Å². The van der Waals surface area contributed by atoms with Crippen LogP contribution in [-0.2, 0) is 42.7 Å². The van der Waals surface area contributed by atoms with E-state index in [0.717, 1.165) is 116 Å². The van der Waals surface area contributed by atoms with Gasteiger partial charge in [0.15, 0.2) is 0 Å². The average Bonchev–Trinajstić information content (AvgIpc) is 1.73. The van der Waals surface area contributed by atoms with E-state index in [-0.39, 0.29) is 44.2 Å². The van der Waals surface area contributed by atoms with Gasteiger partial charge in [0.1, 0.15) is 44.8 Å². The van der Waals surface area contributed by atoms with Gasteiger partial charge < -0.3 is 106 Å². The molecule has 7 amide bonds. The number of rotatable bonds is 64. The van der Waals surface area contributed by atoms with Gasteiger partial charge >= 0.3 is 48.6 Å². The molecule has 0 unspecified atom stereocenters. The van der Waals surface area contributed by atoms with Crippen molar-refractivity contribution in [1.29, 1.82) is 0 Å². The van der Waals surface area contributed by atoms with E-state index >= 15 is 0 Å². The van der Waals surface area contributed by atoms with Crippen molar-refractivity contribution in [3.8, 4) is 0 Å². The number of amides is 7. The first-order valence-corrected chi connectivity index (χ1v) is 52.2. The molecule has 0 bridgehead atoms. The summed E-state index contributed by atoms with van der Waals surface area (Å²) in [5.74, 6) is 2.80. The highest BCUT2D eigenvalue weighted by Gasteiger charge is 2.30. The van der Waals surface area contributed by atoms with E-state index < -0.39 is 70.2 Å². The lowest BCUT2D eigenvalue weighted by Gasteiger charge is -2.34. The van der Waals surface area contributed by atoms with E-state index in [2.05, 4.69) is 175 Å². The number of alkyl carbamates (subject to hydrolysis) is 6. The number of hydrogen-bond donors (Lipinski definition) is 10. The van der Waals surface area contributed by atoms with Gasteiger partial charge in [0.25, 0.3) is 0 Å². The van der Waals surface area contributed by atoms with E-state index in [0.29, 0.717) is 162 Å². The molecule has 1 aliphatic heterocycles. The number of nitrogens with zero attached hydrogens (tertiary/aromatic N) is 9. The Morgan fingerprint density at radius 2 is 0.479 bits per heavy atom. The third-order valence-electron chi connectivity index (χ3n) is 19.7. The quantitative estimate of drug-likeness (QED) is 0.0117. The van der Waals surface area contributed by atoms with Gasteiger partial charge in [-0.3, -0.25) is 34.2 Å². The lowest BCUT2D eigenvalue weighted by molar-refractivity contribution is -0.151. The number of nitrogens with one attached hydrogen (secondary N) is 10. The molecule has 1 aliphatic rings. The molecule has 1 saturated heterocycles.